The van der Waals surface area contributed by atoms with E-state index in [9.17, 15) is 9.18 Å². The second kappa shape index (κ2) is 7.00. The molecule has 1 aromatic carbocycles. The van der Waals surface area contributed by atoms with Gasteiger partial charge in [0.2, 0.25) is 0 Å². The molecule has 0 unspecified atom stereocenters. The summed E-state index contributed by atoms with van der Waals surface area (Å²) in [5.41, 5.74) is 0.639. The zero-order valence-corrected chi connectivity index (χ0v) is 11.8. The minimum absolute atomic E-state index is 0.143. The molecule has 0 aliphatic carbocycles. The first kappa shape index (κ1) is 14.5. The Kier molecular flexibility index (Phi) is 5.06. The Balaban J connectivity index is 1.90. The van der Waals surface area contributed by atoms with Crippen molar-refractivity contribution in [1.82, 2.24) is 4.98 Å². The highest BCUT2D eigenvalue weighted by molar-refractivity contribution is 7.09. The number of rotatable bonds is 6. The van der Waals surface area contributed by atoms with E-state index in [-0.39, 0.29) is 24.7 Å². The Morgan fingerprint density at radius 2 is 2.20 bits per heavy atom. The lowest BCUT2D eigenvalue weighted by molar-refractivity contribution is -0.142. The number of thiazole rings is 1. The van der Waals surface area contributed by atoms with Crippen LogP contribution in [0.5, 0.6) is 5.75 Å². The summed E-state index contributed by atoms with van der Waals surface area (Å²) >= 11 is 1.37. The van der Waals surface area contributed by atoms with E-state index >= 15 is 0 Å². The van der Waals surface area contributed by atoms with Crippen LogP contribution in [0.15, 0.2) is 29.6 Å². The highest BCUT2D eigenvalue weighted by Crippen LogP contribution is 2.18. The molecule has 0 saturated carbocycles. The van der Waals surface area contributed by atoms with Crippen LogP contribution in [0, 0.1) is 5.82 Å². The molecule has 6 heteroatoms. The summed E-state index contributed by atoms with van der Waals surface area (Å²) in [6.07, 6.45) is 0.143. The zero-order valence-electron chi connectivity index (χ0n) is 11.0. The molecule has 2 rings (SSSR count). The third-order valence-electron chi connectivity index (χ3n) is 2.42. The highest BCUT2D eigenvalue weighted by atomic mass is 32.1. The van der Waals surface area contributed by atoms with Gasteiger partial charge in [-0.3, -0.25) is 4.79 Å². The van der Waals surface area contributed by atoms with E-state index in [1.54, 1.807) is 30.5 Å². The Morgan fingerprint density at radius 3 is 2.95 bits per heavy atom. The molecule has 1 heterocycles. The number of hydrogen-bond donors (Lipinski definition) is 0. The molecule has 0 N–H and O–H groups in total. The molecule has 0 spiro atoms. The van der Waals surface area contributed by atoms with Gasteiger partial charge in [0.15, 0.2) is 11.6 Å². The molecule has 2 aromatic rings. The summed E-state index contributed by atoms with van der Waals surface area (Å²) in [4.78, 5) is 15.6. The fraction of sp³-hybridized carbons (Fsp3) is 0.286. The molecule has 106 valence electrons. The monoisotopic (exact) mass is 295 g/mol. The molecule has 0 atom stereocenters. The van der Waals surface area contributed by atoms with Crippen LogP contribution in [-0.2, 0) is 22.6 Å². The van der Waals surface area contributed by atoms with Gasteiger partial charge < -0.3 is 9.47 Å². The molecular weight excluding hydrogens is 281 g/mol. The van der Waals surface area contributed by atoms with Crippen LogP contribution < -0.4 is 4.74 Å². The largest absolute Gasteiger partial charge is 0.483 e. The first-order valence-electron chi connectivity index (χ1n) is 6.15. The maximum atomic E-state index is 13.4. The fourth-order valence-electron chi connectivity index (χ4n) is 1.56. The van der Waals surface area contributed by atoms with Gasteiger partial charge in [-0.1, -0.05) is 12.1 Å². The van der Waals surface area contributed by atoms with Crippen LogP contribution in [0.2, 0.25) is 0 Å². The van der Waals surface area contributed by atoms with E-state index in [1.165, 1.54) is 17.4 Å². The number of carbonyl (C=O) groups excluding carboxylic acids is 1. The van der Waals surface area contributed by atoms with Crippen molar-refractivity contribution >= 4 is 17.3 Å². The van der Waals surface area contributed by atoms with Crippen LogP contribution >= 0.6 is 11.3 Å². The molecular formula is C14H14FNO3S. The maximum Gasteiger partial charge on any atom is 0.311 e. The number of halogens is 1. The summed E-state index contributed by atoms with van der Waals surface area (Å²) < 4.78 is 23.5. The number of ether oxygens (including phenoxy) is 2. The number of esters is 1. The summed E-state index contributed by atoms with van der Waals surface area (Å²) in [5.74, 6) is -0.523. The van der Waals surface area contributed by atoms with Gasteiger partial charge in [-0.15, -0.1) is 11.3 Å². The standard InChI is InChI=1S/C14H14FNO3S/c1-2-18-14(17)7-10-9-20-13(16-10)8-19-12-6-4-3-5-11(12)15/h3-6,9H,2,7-8H2,1H3. The van der Waals surface area contributed by atoms with E-state index in [2.05, 4.69) is 4.98 Å². The van der Waals surface area contributed by atoms with Crippen LogP contribution in [0.4, 0.5) is 4.39 Å². The normalized spacial score (nSPS) is 10.3. The van der Waals surface area contributed by atoms with Crippen LogP contribution in [-0.4, -0.2) is 17.6 Å². The lowest BCUT2D eigenvalue weighted by Gasteiger charge is -2.04. The second-order valence-electron chi connectivity index (χ2n) is 3.93. The Bertz CT molecular complexity index is 585. The minimum Gasteiger partial charge on any atom is -0.483 e. The van der Waals surface area contributed by atoms with Gasteiger partial charge in [0.05, 0.1) is 18.7 Å². The molecule has 20 heavy (non-hydrogen) atoms. The molecule has 1 aromatic heterocycles. The minimum atomic E-state index is -0.407. The molecule has 0 radical (unpaired) electrons. The van der Waals surface area contributed by atoms with E-state index < -0.39 is 5.82 Å². The van der Waals surface area contributed by atoms with Crippen molar-refractivity contribution in [2.24, 2.45) is 0 Å². The fourth-order valence-corrected chi connectivity index (χ4v) is 2.26. The van der Waals surface area contributed by atoms with Gasteiger partial charge in [-0.05, 0) is 19.1 Å². The first-order chi connectivity index (χ1) is 9.69. The second-order valence-corrected chi connectivity index (χ2v) is 4.88. The number of benzene rings is 1. The Morgan fingerprint density at radius 1 is 1.40 bits per heavy atom. The van der Waals surface area contributed by atoms with Crippen molar-refractivity contribution in [1.29, 1.82) is 0 Å². The number of nitrogens with zero attached hydrogens (tertiary/aromatic N) is 1. The zero-order chi connectivity index (χ0) is 14.4. The lowest BCUT2D eigenvalue weighted by atomic mass is 10.3. The van der Waals surface area contributed by atoms with Gasteiger partial charge in [0.1, 0.15) is 11.6 Å². The molecule has 0 amide bonds. The van der Waals surface area contributed by atoms with Crippen LogP contribution in [0.1, 0.15) is 17.6 Å². The number of carbonyl (C=O) groups is 1. The van der Waals surface area contributed by atoms with E-state index in [1.807, 2.05) is 0 Å². The van der Waals surface area contributed by atoms with Gasteiger partial charge in [0.25, 0.3) is 0 Å². The number of hydrogen-bond acceptors (Lipinski definition) is 5. The highest BCUT2D eigenvalue weighted by Gasteiger charge is 2.09. The van der Waals surface area contributed by atoms with Crippen LogP contribution in [0.3, 0.4) is 0 Å². The van der Waals surface area contributed by atoms with Crippen molar-refractivity contribution in [3.05, 3.63) is 46.2 Å². The molecule has 0 fully saturated rings. The summed E-state index contributed by atoms with van der Waals surface area (Å²) in [6, 6.07) is 6.20. The van der Waals surface area contributed by atoms with Crippen molar-refractivity contribution in [2.45, 2.75) is 20.0 Å². The van der Waals surface area contributed by atoms with Gasteiger partial charge in [-0.2, -0.15) is 0 Å². The predicted octanol–water partition coefficient (Wildman–Crippen LogP) is 2.97. The number of aromatic nitrogens is 1. The third-order valence-corrected chi connectivity index (χ3v) is 3.29. The number of para-hydroxylation sites is 1. The van der Waals surface area contributed by atoms with Gasteiger partial charge in [-0.25, -0.2) is 9.37 Å². The maximum absolute atomic E-state index is 13.4. The molecule has 0 aliphatic heterocycles. The predicted molar refractivity (Wildman–Crippen MR) is 73.2 cm³/mol. The van der Waals surface area contributed by atoms with Gasteiger partial charge >= 0.3 is 5.97 Å². The molecule has 0 bridgehead atoms. The average Bonchev–Trinajstić information content (AvgIpc) is 2.85. The lowest BCUT2D eigenvalue weighted by Crippen LogP contribution is -2.07. The SMILES string of the molecule is CCOC(=O)Cc1csc(COc2ccccc2F)n1. The van der Waals surface area contributed by atoms with E-state index in [0.717, 1.165) is 0 Å². The average molecular weight is 295 g/mol. The third kappa shape index (κ3) is 4.03. The Labute approximate surface area is 120 Å². The summed E-state index contributed by atoms with van der Waals surface area (Å²) in [5, 5.41) is 2.46. The molecule has 4 nitrogen and oxygen atoms in total. The first-order valence-corrected chi connectivity index (χ1v) is 7.03. The van der Waals surface area contributed by atoms with Crippen molar-refractivity contribution < 1.29 is 18.7 Å². The van der Waals surface area contributed by atoms with Gasteiger partial charge in [0, 0.05) is 5.38 Å². The topological polar surface area (TPSA) is 48.4 Å². The van der Waals surface area contributed by atoms with E-state index in [0.29, 0.717) is 17.3 Å². The molecule has 0 saturated heterocycles. The Hall–Kier alpha value is -1.95. The van der Waals surface area contributed by atoms with Crippen LogP contribution in [0.25, 0.3) is 0 Å². The van der Waals surface area contributed by atoms with Crippen molar-refractivity contribution in [3.63, 3.8) is 0 Å². The summed E-state index contributed by atoms with van der Waals surface area (Å²) in [6.45, 7) is 2.28. The quantitative estimate of drug-likeness (QED) is 0.769. The van der Waals surface area contributed by atoms with E-state index in [4.69, 9.17) is 9.47 Å². The summed E-state index contributed by atoms with van der Waals surface area (Å²) in [7, 11) is 0. The van der Waals surface area contributed by atoms with Crippen molar-refractivity contribution in [3.8, 4) is 5.75 Å². The van der Waals surface area contributed by atoms with Crippen molar-refractivity contribution in [2.75, 3.05) is 6.61 Å². The smallest absolute Gasteiger partial charge is 0.311 e. The molecule has 0 aliphatic rings.